The Labute approximate surface area is 253 Å². The van der Waals surface area contributed by atoms with E-state index in [1.54, 1.807) is 19.2 Å². The van der Waals surface area contributed by atoms with Crippen LogP contribution in [0.25, 0.3) is 17.0 Å². The van der Waals surface area contributed by atoms with E-state index in [-0.39, 0.29) is 30.6 Å². The van der Waals surface area contributed by atoms with E-state index in [4.69, 9.17) is 4.74 Å². The van der Waals surface area contributed by atoms with Crippen LogP contribution in [0, 0.1) is 0 Å². The van der Waals surface area contributed by atoms with E-state index in [0.29, 0.717) is 30.2 Å². The minimum absolute atomic E-state index is 0.104. The standard InChI is InChI=1S/C31H33N5O6S/c1-21(33-26(37)15-14-22-8-3-2-4-9-22)34-31(35-24-12-5-10-23-11-6-18-32-29(23)24)43-20-42-28(39)17-16-27(38)36-19-7-13-25(36)30(40)41/h2-6,8-12,14-15,18,21,25H,7,13,16-17,19-20H2,1H3,(H,33,37)(H,34,35)(H,40,41)/b15-14+/t21?,25-/m0/s1. The van der Waals surface area contributed by atoms with Gasteiger partial charge in [0.1, 0.15) is 18.1 Å². The van der Waals surface area contributed by atoms with Crippen molar-refractivity contribution in [3.05, 3.63) is 78.5 Å². The number of anilines is 1. The zero-order valence-electron chi connectivity index (χ0n) is 23.6. The first-order chi connectivity index (χ1) is 20.8. The molecule has 2 aromatic carbocycles. The van der Waals surface area contributed by atoms with Gasteiger partial charge in [-0.15, -0.1) is 0 Å². The molecule has 0 aliphatic carbocycles. The summed E-state index contributed by atoms with van der Waals surface area (Å²) in [6.07, 6.45) is 4.92. The number of hydrogen-bond donors (Lipinski definition) is 3. The summed E-state index contributed by atoms with van der Waals surface area (Å²) in [5, 5.41) is 16.6. The van der Waals surface area contributed by atoms with Gasteiger partial charge in [-0.3, -0.25) is 19.4 Å². The molecule has 1 fully saturated rings. The van der Waals surface area contributed by atoms with Crippen LogP contribution in [-0.2, 0) is 23.9 Å². The van der Waals surface area contributed by atoms with E-state index in [2.05, 4.69) is 20.6 Å². The number of aliphatic carboxylic acids is 1. The van der Waals surface area contributed by atoms with Crippen molar-refractivity contribution in [2.45, 2.75) is 44.8 Å². The SMILES string of the molecule is CC(N=C(Nc1cccc2cccnc12)SCOC(=O)CCC(=O)N1CCC[C@H]1C(=O)O)NC(=O)/C=C/c1ccccc1. The molecule has 4 rings (SSSR count). The summed E-state index contributed by atoms with van der Waals surface area (Å²) in [5.74, 6) is -2.44. The number of nitrogens with zero attached hydrogens (tertiary/aromatic N) is 3. The summed E-state index contributed by atoms with van der Waals surface area (Å²) in [5.41, 5.74) is 2.29. The molecule has 1 aliphatic rings. The Bertz CT molecular complexity index is 1510. The highest BCUT2D eigenvalue weighted by Gasteiger charge is 2.33. The summed E-state index contributed by atoms with van der Waals surface area (Å²) >= 11 is 1.11. The Morgan fingerprint density at radius 1 is 1.12 bits per heavy atom. The zero-order chi connectivity index (χ0) is 30.6. The van der Waals surface area contributed by atoms with Crippen LogP contribution in [0.3, 0.4) is 0 Å². The fourth-order valence-corrected chi connectivity index (χ4v) is 5.24. The van der Waals surface area contributed by atoms with Gasteiger partial charge in [0.05, 0.1) is 17.6 Å². The smallest absolute Gasteiger partial charge is 0.326 e. The van der Waals surface area contributed by atoms with Crippen LogP contribution in [0.4, 0.5) is 5.69 Å². The van der Waals surface area contributed by atoms with E-state index >= 15 is 0 Å². The van der Waals surface area contributed by atoms with Gasteiger partial charge in [0.2, 0.25) is 11.8 Å². The summed E-state index contributed by atoms with van der Waals surface area (Å²) in [6.45, 7) is 2.09. The minimum atomic E-state index is -1.04. The maximum Gasteiger partial charge on any atom is 0.326 e. The predicted molar refractivity (Wildman–Crippen MR) is 166 cm³/mol. The average molecular weight is 604 g/mol. The van der Waals surface area contributed by atoms with E-state index in [9.17, 15) is 24.3 Å². The molecule has 3 aromatic rings. The van der Waals surface area contributed by atoms with E-state index in [1.807, 2.05) is 60.7 Å². The topological polar surface area (TPSA) is 150 Å². The Balaban J connectivity index is 1.36. The third-order valence-corrected chi connectivity index (χ3v) is 7.30. The number of fused-ring (bicyclic) bond motifs is 1. The first-order valence-electron chi connectivity index (χ1n) is 13.8. The fourth-order valence-electron chi connectivity index (χ4n) is 4.52. The second-order valence-corrected chi connectivity index (χ2v) is 10.6. The number of carbonyl (C=O) groups excluding carboxylic acids is 3. The quantitative estimate of drug-likeness (QED) is 0.0960. The number of amides is 2. The number of para-hydroxylation sites is 1. The first-order valence-corrected chi connectivity index (χ1v) is 14.8. The maximum atomic E-state index is 12.5. The third-order valence-electron chi connectivity index (χ3n) is 6.58. The lowest BCUT2D eigenvalue weighted by Gasteiger charge is -2.21. The number of likely N-dealkylation sites (tertiary alicyclic amines) is 1. The number of ether oxygens (including phenoxy) is 1. The van der Waals surface area contributed by atoms with Crippen LogP contribution >= 0.6 is 11.8 Å². The molecule has 0 spiro atoms. The highest BCUT2D eigenvalue weighted by molar-refractivity contribution is 8.14. The largest absolute Gasteiger partial charge is 0.480 e. The number of rotatable bonds is 11. The molecule has 0 bridgehead atoms. The van der Waals surface area contributed by atoms with E-state index in [0.717, 1.165) is 28.2 Å². The van der Waals surface area contributed by atoms with Crippen LogP contribution in [-0.4, -0.2) is 68.6 Å². The van der Waals surface area contributed by atoms with Crippen molar-refractivity contribution in [2.75, 3.05) is 17.8 Å². The maximum absolute atomic E-state index is 12.5. The van der Waals surface area contributed by atoms with Gasteiger partial charge in [0.25, 0.3) is 0 Å². The van der Waals surface area contributed by atoms with Gasteiger partial charge in [-0.1, -0.05) is 48.5 Å². The Morgan fingerprint density at radius 3 is 2.70 bits per heavy atom. The molecular formula is C31H33N5O6S. The molecule has 1 saturated heterocycles. The van der Waals surface area contributed by atoms with Crippen LogP contribution in [0.15, 0.2) is 77.9 Å². The highest BCUT2D eigenvalue weighted by atomic mass is 32.2. The summed E-state index contributed by atoms with van der Waals surface area (Å²) in [4.78, 5) is 59.0. The number of pyridine rings is 1. The number of esters is 1. The van der Waals surface area contributed by atoms with Crippen molar-refractivity contribution in [3.63, 3.8) is 0 Å². The van der Waals surface area contributed by atoms with Gasteiger partial charge in [0, 0.05) is 30.6 Å². The van der Waals surface area contributed by atoms with Crippen molar-refractivity contribution in [1.29, 1.82) is 0 Å². The Kier molecular flexibility index (Phi) is 11.3. The number of nitrogens with one attached hydrogen (secondary N) is 2. The van der Waals surface area contributed by atoms with Crippen molar-refractivity contribution in [3.8, 4) is 0 Å². The van der Waals surface area contributed by atoms with Gasteiger partial charge in [-0.25, -0.2) is 9.79 Å². The first kappa shape index (κ1) is 31.2. The second-order valence-electron chi connectivity index (χ2n) is 9.73. The van der Waals surface area contributed by atoms with Crippen molar-refractivity contribution in [2.24, 2.45) is 4.99 Å². The molecule has 12 heteroatoms. The summed E-state index contributed by atoms with van der Waals surface area (Å²) in [6, 6.07) is 18.0. The molecule has 2 amide bonds. The van der Waals surface area contributed by atoms with Crippen molar-refractivity contribution < 1.29 is 29.0 Å². The monoisotopic (exact) mass is 603 g/mol. The van der Waals surface area contributed by atoms with Crippen molar-refractivity contribution in [1.82, 2.24) is 15.2 Å². The Hall–Kier alpha value is -4.71. The second kappa shape index (κ2) is 15.5. The molecule has 224 valence electrons. The van der Waals surface area contributed by atoms with Gasteiger partial charge >= 0.3 is 11.9 Å². The normalized spacial score (nSPS) is 15.8. The molecule has 1 unspecified atom stereocenters. The summed E-state index contributed by atoms with van der Waals surface area (Å²) in [7, 11) is 0. The molecule has 11 nitrogen and oxygen atoms in total. The van der Waals surface area contributed by atoms with Gasteiger partial charge in [-0.2, -0.15) is 0 Å². The van der Waals surface area contributed by atoms with Crippen LogP contribution in [0.1, 0.15) is 38.2 Å². The lowest BCUT2D eigenvalue weighted by molar-refractivity contribution is -0.149. The highest BCUT2D eigenvalue weighted by Crippen LogP contribution is 2.23. The number of carboxylic acid groups (broad SMARTS) is 1. The van der Waals surface area contributed by atoms with E-state index < -0.39 is 24.1 Å². The number of carbonyl (C=O) groups is 4. The lowest BCUT2D eigenvalue weighted by Crippen LogP contribution is -2.40. The van der Waals surface area contributed by atoms with Crippen LogP contribution in [0.5, 0.6) is 0 Å². The molecule has 3 N–H and O–H groups in total. The number of hydrogen-bond acceptors (Lipinski definition) is 8. The molecular weight excluding hydrogens is 570 g/mol. The molecule has 1 aliphatic heterocycles. The molecule has 0 radical (unpaired) electrons. The molecule has 0 saturated carbocycles. The number of thioether (sulfide) groups is 1. The molecule has 2 atom stereocenters. The zero-order valence-corrected chi connectivity index (χ0v) is 24.5. The van der Waals surface area contributed by atoms with Crippen LogP contribution < -0.4 is 10.6 Å². The lowest BCUT2D eigenvalue weighted by atomic mass is 10.2. The van der Waals surface area contributed by atoms with Gasteiger partial charge < -0.3 is 25.4 Å². The third kappa shape index (κ3) is 9.40. The number of carboxylic acids is 1. The van der Waals surface area contributed by atoms with E-state index in [1.165, 1.54) is 11.0 Å². The number of benzene rings is 2. The Morgan fingerprint density at radius 2 is 1.91 bits per heavy atom. The van der Waals surface area contributed by atoms with Gasteiger partial charge in [-0.05, 0) is 55.3 Å². The average Bonchev–Trinajstić information content (AvgIpc) is 3.50. The number of aliphatic imine (C=N–C) groups is 1. The number of amidine groups is 1. The predicted octanol–water partition coefficient (Wildman–Crippen LogP) is 4.27. The number of aromatic nitrogens is 1. The molecule has 43 heavy (non-hydrogen) atoms. The fraction of sp³-hybridized carbons (Fsp3) is 0.290. The van der Waals surface area contributed by atoms with Crippen LogP contribution in [0.2, 0.25) is 0 Å². The van der Waals surface area contributed by atoms with Gasteiger partial charge in [0.15, 0.2) is 5.17 Å². The minimum Gasteiger partial charge on any atom is -0.480 e. The summed E-state index contributed by atoms with van der Waals surface area (Å²) < 4.78 is 5.34. The van der Waals surface area contributed by atoms with Crippen molar-refractivity contribution >= 4 is 63.3 Å². The molecule has 2 heterocycles. The molecule has 1 aromatic heterocycles.